The van der Waals surface area contributed by atoms with Gasteiger partial charge in [0.2, 0.25) is 11.8 Å². The zero-order valence-electron chi connectivity index (χ0n) is 15.7. The van der Waals surface area contributed by atoms with Crippen molar-refractivity contribution in [3.63, 3.8) is 0 Å². The van der Waals surface area contributed by atoms with Gasteiger partial charge in [-0.1, -0.05) is 18.2 Å². The van der Waals surface area contributed by atoms with Gasteiger partial charge in [0.15, 0.2) is 0 Å². The molecule has 1 aliphatic carbocycles. The minimum absolute atomic E-state index is 0.148. The molecule has 2 aromatic carbocycles. The molecule has 1 aliphatic heterocycles. The van der Waals surface area contributed by atoms with E-state index in [0.717, 1.165) is 24.0 Å². The fourth-order valence-corrected chi connectivity index (χ4v) is 3.66. The molecule has 1 saturated carbocycles. The first-order valence-corrected chi connectivity index (χ1v) is 9.72. The van der Waals surface area contributed by atoms with Crippen LogP contribution in [0.15, 0.2) is 42.7 Å². The Bertz CT molecular complexity index is 1130. The van der Waals surface area contributed by atoms with Gasteiger partial charge in [-0.25, -0.2) is 14.4 Å². The maximum Gasteiger partial charge on any atom is 0.229 e. The van der Waals surface area contributed by atoms with E-state index in [1.807, 2.05) is 30.3 Å². The molecule has 2 amide bonds. The van der Waals surface area contributed by atoms with Gasteiger partial charge in [0, 0.05) is 24.3 Å². The number of hydrogen-bond donors (Lipinski definition) is 1. The summed E-state index contributed by atoms with van der Waals surface area (Å²) < 4.78 is 14.8. The first kappa shape index (κ1) is 17.7. The number of likely N-dealkylation sites (tertiary alicyclic amines) is 1. The second-order valence-electron chi connectivity index (χ2n) is 7.57. The molecular weight excluding hydrogens is 371 g/mol. The average Bonchev–Trinajstić information content (AvgIpc) is 3.49. The van der Waals surface area contributed by atoms with Gasteiger partial charge < -0.3 is 5.32 Å². The van der Waals surface area contributed by atoms with Crippen molar-refractivity contribution in [1.29, 1.82) is 0 Å². The molecule has 5 rings (SSSR count). The van der Waals surface area contributed by atoms with Gasteiger partial charge in [0.1, 0.15) is 23.5 Å². The molecule has 1 saturated heterocycles. The van der Waals surface area contributed by atoms with Crippen LogP contribution < -0.4 is 5.32 Å². The van der Waals surface area contributed by atoms with Gasteiger partial charge >= 0.3 is 0 Å². The minimum Gasteiger partial charge on any atom is -0.367 e. The highest BCUT2D eigenvalue weighted by Crippen LogP contribution is 2.32. The third-order valence-electron chi connectivity index (χ3n) is 5.37. The molecule has 2 aliphatic rings. The van der Waals surface area contributed by atoms with Crippen molar-refractivity contribution in [3.8, 4) is 11.1 Å². The lowest BCUT2D eigenvalue weighted by Crippen LogP contribution is -2.28. The summed E-state index contributed by atoms with van der Waals surface area (Å²) in [5, 5.41) is 3.98. The normalized spacial score (nSPS) is 16.7. The molecule has 0 spiro atoms. The van der Waals surface area contributed by atoms with Crippen LogP contribution in [0.3, 0.4) is 0 Å². The number of halogens is 1. The smallest absolute Gasteiger partial charge is 0.229 e. The Balaban J connectivity index is 1.52. The largest absolute Gasteiger partial charge is 0.367 e. The molecule has 7 heteroatoms. The highest BCUT2D eigenvalue weighted by molar-refractivity contribution is 6.01. The number of aromatic nitrogens is 2. The minimum atomic E-state index is -0.408. The van der Waals surface area contributed by atoms with Crippen LogP contribution in [0, 0.1) is 5.82 Å². The van der Waals surface area contributed by atoms with E-state index < -0.39 is 5.82 Å². The van der Waals surface area contributed by atoms with E-state index in [4.69, 9.17) is 0 Å². The molecule has 0 bridgehead atoms. The maximum absolute atomic E-state index is 14.8. The molecule has 6 nitrogen and oxygen atoms in total. The number of rotatable bonds is 5. The fraction of sp³-hybridized carbons (Fsp3) is 0.273. The van der Waals surface area contributed by atoms with Gasteiger partial charge in [-0.2, -0.15) is 0 Å². The van der Waals surface area contributed by atoms with Crippen molar-refractivity contribution in [2.45, 2.75) is 38.3 Å². The van der Waals surface area contributed by atoms with E-state index in [0.29, 0.717) is 22.8 Å². The second-order valence-corrected chi connectivity index (χ2v) is 7.57. The van der Waals surface area contributed by atoms with Crippen molar-refractivity contribution in [2.75, 3.05) is 5.32 Å². The Labute approximate surface area is 166 Å². The van der Waals surface area contributed by atoms with Crippen molar-refractivity contribution in [1.82, 2.24) is 14.9 Å². The van der Waals surface area contributed by atoms with Crippen LogP contribution in [-0.4, -0.2) is 32.7 Å². The standard InChI is InChI=1S/C22H19FN4O2/c23-18-10-15(9-17-21(18)24-12-25-22(17)26-16-4-5-16)14-3-1-2-13(8-14)11-27-19(28)6-7-20(27)29/h1-3,8-10,12,16H,4-7,11H2,(H,24,25,26). The van der Waals surface area contributed by atoms with Crippen LogP contribution in [-0.2, 0) is 16.1 Å². The van der Waals surface area contributed by atoms with E-state index in [9.17, 15) is 14.0 Å². The van der Waals surface area contributed by atoms with Gasteiger partial charge in [0.25, 0.3) is 0 Å². The van der Waals surface area contributed by atoms with E-state index in [-0.39, 0.29) is 36.7 Å². The third-order valence-corrected chi connectivity index (χ3v) is 5.37. The first-order valence-electron chi connectivity index (χ1n) is 9.72. The van der Waals surface area contributed by atoms with Gasteiger partial charge in [-0.05, 0) is 47.7 Å². The van der Waals surface area contributed by atoms with Crippen LogP contribution in [0.1, 0.15) is 31.2 Å². The maximum atomic E-state index is 14.8. The van der Waals surface area contributed by atoms with Gasteiger partial charge in [0.05, 0.1) is 6.54 Å². The molecule has 1 aromatic heterocycles. The molecule has 0 unspecified atom stereocenters. The van der Waals surface area contributed by atoms with Crippen LogP contribution in [0.25, 0.3) is 22.0 Å². The van der Waals surface area contributed by atoms with E-state index >= 15 is 0 Å². The Hall–Kier alpha value is -3.35. The molecule has 1 N–H and O–H groups in total. The van der Waals surface area contributed by atoms with E-state index in [1.165, 1.54) is 17.3 Å². The number of carbonyl (C=O) groups is 2. The number of nitrogens with one attached hydrogen (secondary N) is 1. The van der Waals surface area contributed by atoms with Crippen molar-refractivity contribution < 1.29 is 14.0 Å². The highest BCUT2D eigenvalue weighted by atomic mass is 19.1. The molecular formula is C22H19FN4O2. The zero-order valence-corrected chi connectivity index (χ0v) is 15.7. The molecule has 146 valence electrons. The Morgan fingerprint density at radius 2 is 1.83 bits per heavy atom. The predicted molar refractivity (Wildman–Crippen MR) is 106 cm³/mol. The molecule has 0 atom stereocenters. The quantitative estimate of drug-likeness (QED) is 0.673. The number of imide groups is 1. The molecule has 3 aromatic rings. The lowest BCUT2D eigenvalue weighted by Gasteiger charge is -2.15. The lowest BCUT2D eigenvalue weighted by atomic mass is 10.0. The van der Waals surface area contributed by atoms with Crippen LogP contribution in [0.5, 0.6) is 0 Å². The van der Waals surface area contributed by atoms with Crippen LogP contribution in [0.4, 0.5) is 10.2 Å². The fourth-order valence-electron chi connectivity index (χ4n) is 3.66. The zero-order chi connectivity index (χ0) is 20.0. The summed E-state index contributed by atoms with van der Waals surface area (Å²) >= 11 is 0. The summed E-state index contributed by atoms with van der Waals surface area (Å²) in [5.74, 6) is -0.0631. The average molecular weight is 390 g/mol. The summed E-state index contributed by atoms with van der Waals surface area (Å²) in [7, 11) is 0. The number of hydrogen-bond acceptors (Lipinski definition) is 5. The highest BCUT2D eigenvalue weighted by Gasteiger charge is 2.28. The summed E-state index contributed by atoms with van der Waals surface area (Å²) in [4.78, 5) is 33.5. The number of carbonyl (C=O) groups excluding carboxylic acids is 2. The number of fused-ring (bicyclic) bond motifs is 1. The molecule has 29 heavy (non-hydrogen) atoms. The Morgan fingerprint density at radius 3 is 2.59 bits per heavy atom. The summed E-state index contributed by atoms with van der Waals surface area (Å²) in [6, 6.07) is 11.2. The van der Waals surface area contributed by atoms with Crippen molar-refractivity contribution in [2.24, 2.45) is 0 Å². The monoisotopic (exact) mass is 390 g/mol. The molecule has 2 fully saturated rings. The summed E-state index contributed by atoms with van der Waals surface area (Å²) in [6.07, 6.45) is 4.09. The predicted octanol–water partition coefficient (Wildman–Crippen LogP) is 3.66. The second kappa shape index (κ2) is 6.92. The van der Waals surface area contributed by atoms with Crippen molar-refractivity contribution in [3.05, 3.63) is 54.1 Å². The Morgan fingerprint density at radius 1 is 1.03 bits per heavy atom. The SMILES string of the molecule is O=C1CCC(=O)N1Cc1cccc(-c2cc(F)c3ncnc(NC4CC4)c3c2)c1. The first-order chi connectivity index (χ1) is 14.1. The van der Waals surface area contributed by atoms with Gasteiger partial charge in [-0.15, -0.1) is 0 Å². The summed E-state index contributed by atoms with van der Waals surface area (Å²) in [5.41, 5.74) is 2.62. The summed E-state index contributed by atoms with van der Waals surface area (Å²) in [6.45, 7) is 0.235. The Kier molecular flexibility index (Phi) is 4.23. The van der Waals surface area contributed by atoms with Crippen molar-refractivity contribution >= 4 is 28.5 Å². The number of nitrogens with zero attached hydrogens (tertiary/aromatic N) is 3. The topological polar surface area (TPSA) is 75.2 Å². The van der Waals surface area contributed by atoms with Crippen LogP contribution >= 0.6 is 0 Å². The number of anilines is 1. The van der Waals surface area contributed by atoms with E-state index in [2.05, 4.69) is 15.3 Å². The number of benzene rings is 2. The third kappa shape index (κ3) is 3.44. The lowest BCUT2D eigenvalue weighted by molar-refractivity contribution is -0.139. The molecule has 2 heterocycles. The number of amides is 2. The van der Waals surface area contributed by atoms with Crippen LogP contribution in [0.2, 0.25) is 0 Å². The van der Waals surface area contributed by atoms with Gasteiger partial charge in [-0.3, -0.25) is 14.5 Å². The molecule has 0 radical (unpaired) electrons. The van der Waals surface area contributed by atoms with E-state index in [1.54, 1.807) is 0 Å².